The van der Waals surface area contributed by atoms with Gasteiger partial charge in [0.05, 0.1) is 5.75 Å². The standard InChI is InChI=1S/C6H5N3OS2/c10-6-9-4(3-12-6)8-5-7-1-2-11-5/h1-2H,3H2,(H,7,8,9,10). The van der Waals surface area contributed by atoms with E-state index in [1.807, 2.05) is 5.38 Å². The molecule has 0 aliphatic carbocycles. The van der Waals surface area contributed by atoms with E-state index in [0.29, 0.717) is 16.7 Å². The van der Waals surface area contributed by atoms with Gasteiger partial charge in [-0.3, -0.25) is 4.79 Å². The molecule has 6 heteroatoms. The molecule has 2 heterocycles. The van der Waals surface area contributed by atoms with Crippen LogP contribution in [0.5, 0.6) is 0 Å². The molecule has 1 N–H and O–H groups in total. The fraction of sp³-hybridized carbons (Fsp3) is 0.167. The third-order valence-corrected chi connectivity index (χ3v) is 2.68. The molecule has 1 aliphatic rings. The number of carbonyl (C=O) groups excluding carboxylic acids is 1. The van der Waals surface area contributed by atoms with Crippen molar-refractivity contribution in [1.29, 1.82) is 0 Å². The van der Waals surface area contributed by atoms with E-state index < -0.39 is 0 Å². The maximum absolute atomic E-state index is 10.7. The van der Waals surface area contributed by atoms with Gasteiger partial charge in [-0.1, -0.05) is 11.8 Å². The lowest BCUT2D eigenvalue weighted by atomic mass is 10.7. The predicted molar refractivity (Wildman–Crippen MR) is 50.2 cm³/mol. The highest BCUT2D eigenvalue weighted by Crippen LogP contribution is 2.17. The molecule has 0 atom stereocenters. The maximum atomic E-state index is 10.7. The highest BCUT2D eigenvalue weighted by molar-refractivity contribution is 8.14. The summed E-state index contributed by atoms with van der Waals surface area (Å²) < 4.78 is 0. The number of carbonyl (C=O) groups is 1. The lowest BCUT2D eigenvalue weighted by Gasteiger charge is -1.90. The van der Waals surface area contributed by atoms with Crippen LogP contribution in [-0.4, -0.2) is 21.8 Å². The molecule has 1 saturated heterocycles. The summed E-state index contributed by atoms with van der Waals surface area (Å²) in [6, 6.07) is 0. The third kappa shape index (κ3) is 1.64. The van der Waals surface area contributed by atoms with Crippen LogP contribution in [0.4, 0.5) is 9.93 Å². The summed E-state index contributed by atoms with van der Waals surface area (Å²) in [6.45, 7) is 0. The Morgan fingerprint density at radius 2 is 2.58 bits per heavy atom. The summed E-state index contributed by atoms with van der Waals surface area (Å²) in [6.07, 6.45) is 1.69. The van der Waals surface area contributed by atoms with Gasteiger partial charge in [-0.05, 0) is 0 Å². The largest absolute Gasteiger partial charge is 0.304 e. The van der Waals surface area contributed by atoms with Crippen LogP contribution in [0.25, 0.3) is 0 Å². The van der Waals surface area contributed by atoms with E-state index in [1.54, 1.807) is 6.20 Å². The van der Waals surface area contributed by atoms with E-state index in [9.17, 15) is 4.79 Å². The summed E-state index contributed by atoms with van der Waals surface area (Å²) >= 11 is 2.68. The fourth-order valence-electron chi connectivity index (χ4n) is 0.771. The van der Waals surface area contributed by atoms with Crippen LogP contribution in [-0.2, 0) is 0 Å². The number of amides is 1. The molecule has 12 heavy (non-hydrogen) atoms. The van der Waals surface area contributed by atoms with Crippen LogP contribution >= 0.6 is 23.1 Å². The van der Waals surface area contributed by atoms with Gasteiger partial charge < -0.3 is 5.32 Å². The monoisotopic (exact) mass is 199 g/mol. The van der Waals surface area contributed by atoms with Gasteiger partial charge in [0, 0.05) is 11.6 Å². The normalized spacial score (nSPS) is 20.0. The summed E-state index contributed by atoms with van der Waals surface area (Å²) in [4.78, 5) is 18.9. The zero-order valence-corrected chi connectivity index (χ0v) is 7.61. The average molecular weight is 199 g/mol. The Morgan fingerprint density at radius 3 is 3.17 bits per heavy atom. The highest BCUT2D eigenvalue weighted by Gasteiger charge is 2.16. The second kappa shape index (κ2) is 3.24. The Hall–Kier alpha value is -0.880. The molecule has 0 radical (unpaired) electrons. The molecule has 1 amide bonds. The first-order chi connectivity index (χ1) is 5.84. The van der Waals surface area contributed by atoms with Crippen molar-refractivity contribution in [2.75, 3.05) is 5.75 Å². The molecule has 1 aliphatic heterocycles. The summed E-state index contributed by atoms with van der Waals surface area (Å²) in [5.41, 5.74) is 0. The van der Waals surface area contributed by atoms with Crippen LogP contribution in [0.2, 0.25) is 0 Å². The molecule has 0 bridgehead atoms. The van der Waals surface area contributed by atoms with Crippen LogP contribution in [0.3, 0.4) is 0 Å². The molecular weight excluding hydrogens is 194 g/mol. The molecule has 0 saturated carbocycles. The maximum Gasteiger partial charge on any atom is 0.284 e. The first-order valence-corrected chi connectivity index (χ1v) is 5.12. The number of nitrogens with one attached hydrogen (secondary N) is 1. The molecule has 0 spiro atoms. The number of hydrogen-bond acceptors (Lipinski definition) is 5. The molecular formula is C6H5N3OS2. The lowest BCUT2D eigenvalue weighted by molar-refractivity contribution is 0.265. The van der Waals surface area contributed by atoms with Crippen molar-refractivity contribution in [1.82, 2.24) is 10.3 Å². The van der Waals surface area contributed by atoms with Crippen molar-refractivity contribution in [2.24, 2.45) is 4.99 Å². The van der Waals surface area contributed by atoms with Crippen molar-refractivity contribution in [3.8, 4) is 0 Å². The van der Waals surface area contributed by atoms with E-state index >= 15 is 0 Å². The number of thiazole rings is 1. The van der Waals surface area contributed by atoms with Crippen molar-refractivity contribution in [3.05, 3.63) is 11.6 Å². The van der Waals surface area contributed by atoms with Gasteiger partial charge in [0.15, 0.2) is 0 Å². The Balaban J connectivity index is 2.15. The van der Waals surface area contributed by atoms with Gasteiger partial charge >= 0.3 is 0 Å². The summed E-state index contributed by atoms with van der Waals surface area (Å²) in [5, 5.41) is 5.13. The van der Waals surface area contributed by atoms with Crippen LogP contribution in [0.15, 0.2) is 16.6 Å². The SMILES string of the molecule is O=C1N/C(=N\c2nccs2)CS1. The van der Waals surface area contributed by atoms with Gasteiger partial charge in [0.1, 0.15) is 5.84 Å². The van der Waals surface area contributed by atoms with Gasteiger partial charge in [-0.2, -0.15) is 0 Å². The minimum atomic E-state index is -0.0368. The second-order valence-corrected chi connectivity index (χ2v) is 3.90. The first-order valence-electron chi connectivity index (χ1n) is 3.25. The summed E-state index contributed by atoms with van der Waals surface area (Å²) in [7, 11) is 0. The van der Waals surface area contributed by atoms with Gasteiger partial charge in [0.2, 0.25) is 5.13 Å². The van der Waals surface area contributed by atoms with Crippen molar-refractivity contribution in [3.63, 3.8) is 0 Å². The van der Waals surface area contributed by atoms with Gasteiger partial charge in [0.25, 0.3) is 5.24 Å². The number of aliphatic imine (C=N–C) groups is 1. The highest BCUT2D eigenvalue weighted by atomic mass is 32.2. The lowest BCUT2D eigenvalue weighted by Crippen LogP contribution is -2.18. The van der Waals surface area contributed by atoms with Crippen molar-refractivity contribution >= 4 is 39.3 Å². The van der Waals surface area contributed by atoms with Crippen molar-refractivity contribution in [2.45, 2.75) is 0 Å². The molecule has 62 valence electrons. The number of aromatic nitrogens is 1. The first kappa shape index (κ1) is 7.75. The molecule has 2 rings (SSSR count). The van der Waals surface area contributed by atoms with Crippen LogP contribution in [0.1, 0.15) is 0 Å². The van der Waals surface area contributed by atoms with E-state index in [1.165, 1.54) is 23.1 Å². The minimum Gasteiger partial charge on any atom is -0.304 e. The van der Waals surface area contributed by atoms with E-state index in [-0.39, 0.29) is 5.24 Å². The smallest absolute Gasteiger partial charge is 0.284 e. The Bertz CT molecular complexity index is 320. The second-order valence-electron chi connectivity index (χ2n) is 2.07. The van der Waals surface area contributed by atoms with Crippen molar-refractivity contribution < 1.29 is 4.79 Å². The molecule has 0 unspecified atom stereocenters. The molecule has 1 fully saturated rings. The van der Waals surface area contributed by atoms with E-state index in [4.69, 9.17) is 0 Å². The van der Waals surface area contributed by atoms with Crippen LogP contribution in [0, 0.1) is 0 Å². The van der Waals surface area contributed by atoms with Crippen LogP contribution < -0.4 is 5.32 Å². The number of hydrogen-bond donors (Lipinski definition) is 1. The predicted octanol–water partition coefficient (Wildman–Crippen LogP) is 1.63. The Labute approximate surface area is 77.1 Å². The minimum absolute atomic E-state index is 0.0368. The topological polar surface area (TPSA) is 54.4 Å². The van der Waals surface area contributed by atoms with E-state index in [0.717, 1.165) is 0 Å². The fourth-order valence-corrected chi connectivity index (χ4v) is 1.89. The average Bonchev–Trinajstić information content (AvgIpc) is 2.63. The molecule has 1 aromatic heterocycles. The third-order valence-electron chi connectivity index (χ3n) is 1.24. The molecule has 1 aromatic rings. The Morgan fingerprint density at radius 1 is 1.67 bits per heavy atom. The Kier molecular flexibility index (Phi) is 2.09. The van der Waals surface area contributed by atoms with Gasteiger partial charge in [-0.15, -0.1) is 11.3 Å². The molecule has 0 aromatic carbocycles. The molecule has 4 nitrogen and oxygen atoms in total. The zero-order valence-electron chi connectivity index (χ0n) is 5.98. The quantitative estimate of drug-likeness (QED) is 0.748. The zero-order chi connectivity index (χ0) is 8.39. The number of nitrogens with zero attached hydrogens (tertiary/aromatic N) is 2. The van der Waals surface area contributed by atoms with E-state index in [2.05, 4.69) is 15.3 Å². The summed E-state index contributed by atoms with van der Waals surface area (Å²) in [5.74, 6) is 1.32. The number of rotatable bonds is 1. The van der Waals surface area contributed by atoms with Gasteiger partial charge in [-0.25, -0.2) is 9.98 Å². The number of amidine groups is 1. The number of thioether (sulfide) groups is 1.